The fourth-order valence-corrected chi connectivity index (χ4v) is 3.41. The molecule has 0 spiro atoms. The molecule has 1 aromatic heterocycles. The van der Waals surface area contributed by atoms with E-state index in [1.165, 1.54) is 31.4 Å². The maximum atomic E-state index is 10.0. The zero-order chi connectivity index (χ0) is 14.1. The number of hydrogen-bond donors (Lipinski definition) is 2. The predicted octanol–water partition coefficient (Wildman–Crippen LogP) is 3.96. The zero-order valence-electron chi connectivity index (χ0n) is 12.4. The molecule has 0 amide bonds. The molecule has 2 N–H and O–H groups in total. The smallest absolute Gasteiger partial charge is 0.124 e. The second-order valence-electron chi connectivity index (χ2n) is 6.17. The Bertz CT molecular complexity index is 594. The van der Waals surface area contributed by atoms with Crippen LogP contribution in [0.2, 0.25) is 0 Å². The molecule has 1 fully saturated rings. The molecule has 0 aliphatic heterocycles. The fourth-order valence-electron chi connectivity index (χ4n) is 3.41. The number of phenolic OH excluding ortho intramolecular Hbond substituents is 1. The maximum absolute atomic E-state index is 10.0. The highest BCUT2D eigenvalue weighted by Crippen LogP contribution is 2.30. The van der Waals surface area contributed by atoms with Crippen molar-refractivity contribution in [3.05, 3.63) is 30.0 Å². The first-order valence-electron chi connectivity index (χ1n) is 7.72. The maximum Gasteiger partial charge on any atom is 0.124 e. The first kappa shape index (κ1) is 13.5. The molecule has 1 heterocycles. The van der Waals surface area contributed by atoms with E-state index >= 15 is 0 Å². The van der Waals surface area contributed by atoms with Crippen LogP contribution in [0.15, 0.2) is 24.3 Å². The minimum Gasteiger partial charge on any atom is -0.507 e. The van der Waals surface area contributed by atoms with E-state index in [-0.39, 0.29) is 0 Å². The lowest BCUT2D eigenvalue weighted by Crippen LogP contribution is -2.26. The molecule has 3 heteroatoms. The average molecular weight is 272 g/mol. The van der Waals surface area contributed by atoms with Crippen LogP contribution in [0.4, 0.5) is 0 Å². The SMILES string of the molecule is CC(C)n1c(CNC2CCCC2)cc2c(O)cccc21. The van der Waals surface area contributed by atoms with Crippen LogP contribution in [0.1, 0.15) is 51.3 Å². The fraction of sp³-hybridized carbons (Fsp3) is 0.529. The average Bonchev–Trinajstić information content (AvgIpc) is 3.03. The van der Waals surface area contributed by atoms with Gasteiger partial charge in [0.25, 0.3) is 0 Å². The molecule has 0 saturated heterocycles. The molecule has 20 heavy (non-hydrogen) atoms. The molecule has 108 valence electrons. The van der Waals surface area contributed by atoms with E-state index < -0.39 is 0 Å². The van der Waals surface area contributed by atoms with E-state index in [0.717, 1.165) is 17.4 Å². The first-order chi connectivity index (χ1) is 9.66. The van der Waals surface area contributed by atoms with Gasteiger partial charge in [-0.2, -0.15) is 0 Å². The number of nitrogens with zero attached hydrogens (tertiary/aromatic N) is 1. The molecule has 3 nitrogen and oxygen atoms in total. The summed E-state index contributed by atoms with van der Waals surface area (Å²) in [5.41, 5.74) is 2.40. The Morgan fingerprint density at radius 3 is 2.75 bits per heavy atom. The van der Waals surface area contributed by atoms with E-state index in [1.54, 1.807) is 6.07 Å². The van der Waals surface area contributed by atoms with Gasteiger partial charge >= 0.3 is 0 Å². The number of benzene rings is 1. The minimum absolute atomic E-state index is 0.379. The first-order valence-corrected chi connectivity index (χ1v) is 7.72. The molecule has 0 unspecified atom stereocenters. The number of rotatable bonds is 4. The van der Waals surface area contributed by atoms with Crippen molar-refractivity contribution in [2.75, 3.05) is 0 Å². The Morgan fingerprint density at radius 1 is 1.30 bits per heavy atom. The van der Waals surface area contributed by atoms with Gasteiger partial charge in [-0.1, -0.05) is 18.9 Å². The summed E-state index contributed by atoms with van der Waals surface area (Å²) < 4.78 is 2.33. The highest BCUT2D eigenvalue weighted by Gasteiger charge is 2.17. The summed E-state index contributed by atoms with van der Waals surface area (Å²) in [5, 5.41) is 14.7. The van der Waals surface area contributed by atoms with Gasteiger partial charge in [-0.3, -0.25) is 0 Å². The summed E-state index contributed by atoms with van der Waals surface area (Å²) in [6, 6.07) is 8.98. The molecule has 1 saturated carbocycles. The van der Waals surface area contributed by atoms with Crippen LogP contribution in [-0.4, -0.2) is 15.7 Å². The Hall–Kier alpha value is -1.48. The third-order valence-electron chi connectivity index (χ3n) is 4.38. The normalized spacial score (nSPS) is 16.6. The monoisotopic (exact) mass is 272 g/mol. The van der Waals surface area contributed by atoms with Crippen LogP contribution in [0.3, 0.4) is 0 Å². The molecule has 3 rings (SSSR count). The summed E-state index contributed by atoms with van der Waals surface area (Å²) in [5.74, 6) is 0.379. The Balaban J connectivity index is 1.92. The molecule has 1 aliphatic rings. The quantitative estimate of drug-likeness (QED) is 0.884. The van der Waals surface area contributed by atoms with Gasteiger partial charge in [-0.05, 0) is 44.9 Å². The second kappa shape index (κ2) is 5.49. The van der Waals surface area contributed by atoms with Gasteiger partial charge in [0.15, 0.2) is 0 Å². The van der Waals surface area contributed by atoms with Gasteiger partial charge in [-0.15, -0.1) is 0 Å². The van der Waals surface area contributed by atoms with E-state index in [9.17, 15) is 5.11 Å². The van der Waals surface area contributed by atoms with Crippen molar-refractivity contribution in [3.63, 3.8) is 0 Å². The van der Waals surface area contributed by atoms with E-state index in [2.05, 4.69) is 35.9 Å². The summed E-state index contributed by atoms with van der Waals surface area (Å²) in [7, 11) is 0. The topological polar surface area (TPSA) is 37.2 Å². The van der Waals surface area contributed by atoms with Crippen LogP contribution in [0, 0.1) is 0 Å². The van der Waals surface area contributed by atoms with Crippen LogP contribution in [0.5, 0.6) is 5.75 Å². The Morgan fingerprint density at radius 2 is 2.05 bits per heavy atom. The lowest BCUT2D eigenvalue weighted by molar-refractivity contribution is 0.481. The van der Waals surface area contributed by atoms with Crippen molar-refractivity contribution in [2.24, 2.45) is 0 Å². The third kappa shape index (κ3) is 2.42. The van der Waals surface area contributed by atoms with Crippen molar-refractivity contribution in [2.45, 2.75) is 58.2 Å². The lowest BCUT2D eigenvalue weighted by atomic mass is 10.2. The van der Waals surface area contributed by atoms with E-state index in [4.69, 9.17) is 0 Å². The largest absolute Gasteiger partial charge is 0.507 e. The van der Waals surface area contributed by atoms with Crippen LogP contribution < -0.4 is 5.32 Å². The number of aromatic nitrogens is 1. The predicted molar refractivity (Wildman–Crippen MR) is 83.1 cm³/mol. The highest BCUT2D eigenvalue weighted by atomic mass is 16.3. The number of phenols is 1. The van der Waals surface area contributed by atoms with Crippen molar-refractivity contribution >= 4 is 10.9 Å². The van der Waals surface area contributed by atoms with Crippen molar-refractivity contribution in [1.82, 2.24) is 9.88 Å². The summed E-state index contributed by atoms with van der Waals surface area (Å²) in [4.78, 5) is 0. The molecule has 0 bridgehead atoms. The van der Waals surface area contributed by atoms with Gasteiger partial charge in [0, 0.05) is 29.7 Å². The molecule has 1 aliphatic carbocycles. The van der Waals surface area contributed by atoms with E-state index in [1.807, 2.05) is 6.07 Å². The summed E-state index contributed by atoms with van der Waals surface area (Å²) in [6.45, 7) is 5.28. The number of nitrogens with one attached hydrogen (secondary N) is 1. The third-order valence-corrected chi connectivity index (χ3v) is 4.38. The second-order valence-corrected chi connectivity index (χ2v) is 6.17. The standard InChI is InChI=1S/C17H24N2O/c1-12(2)19-14(11-18-13-6-3-4-7-13)10-15-16(19)8-5-9-17(15)20/h5,8-10,12-13,18,20H,3-4,6-7,11H2,1-2H3. The minimum atomic E-state index is 0.379. The number of fused-ring (bicyclic) bond motifs is 1. The molecule has 2 aromatic rings. The van der Waals surface area contributed by atoms with E-state index in [0.29, 0.717) is 17.8 Å². The summed E-state index contributed by atoms with van der Waals surface area (Å²) >= 11 is 0. The molecule has 0 radical (unpaired) electrons. The van der Waals surface area contributed by atoms with Crippen molar-refractivity contribution in [1.29, 1.82) is 0 Å². The van der Waals surface area contributed by atoms with Gasteiger partial charge in [0.05, 0.1) is 5.52 Å². The molecular weight excluding hydrogens is 248 g/mol. The number of aromatic hydroxyl groups is 1. The van der Waals surface area contributed by atoms with Gasteiger partial charge in [0.2, 0.25) is 0 Å². The molecule has 0 atom stereocenters. The molecular formula is C17H24N2O. The highest BCUT2D eigenvalue weighted by molar-refractivity contribution is 5.87. The zero-order valence-corrected chi connectivity index (χ0v) is 12.4. The van der Waals surface area contributed by atoms with Gasteiger partial charge < -0.3 is 15.0 Å². The Kier molecular flexibility index (Phi) is 3.70. The summed E-state index contributed by atoms with van der Waals surface area (Å²) in [6.07, 6.45) is 5.30. The number of hydrogen-bond acceptors (Lipinski definition) is 2. The lowest BCUT2D eigenvalue weighted by Gasteiger charge is -2.17. The van der Waals surface area contributed by atoms with Gasteiger partial charge in [-0.25, -0.2) is 0 Å². The van der Waals surface area contributed by atoms with Gasteiger partial charge in [0.1, 0.15) is 5.75 Å². The van der Waals surface area contributed by atoms with Crippen LogP contribution in [-0.2, 0) is 6.54 Å². The Labute approximate surface area is 120 Å². The van der Waals surface area contributed by atoms with Crippen LogP contribution >= 0.6 is 0 Å². The molecule has 1 aromatic carbocycles. The van der Waals surface area contributed by atoms with Crippen LogP contribution in [0.25, 0.3) is 10.9 Å². The van der Waals surface area contributed by atoms with Crippen molar-refractivity contribution in [3.8, 4) is 5.75 Å². The van der Waals surface area contributed by atoms with Crippen molar-refractivity contribution < 1.29 is 5.11 Å².